The second kappa shape index (κ2) is 28.8. The van der Waals surface area contributed by atoms with Crippen molar-refractivity contribution in [3.63, 3.8) is 0 Å². The molecule has 17 aromatic carbocycles. The SMILES string of the molecule is c1ccc(-c2ccc(-c3ccccc3N(c3ccccc3)c3ccc(-c4cccc(-n5c6ccccc6c6ccccc65)c4)cc3)cc2)cc1.c1ccc(-c2cccc(N(c3ccc(-c4cccc(-n5c6ccccc6c6ccccc65)c4)cc3)c3ccc(-c4ccccc4-c4ccccc4)cc3)c2)cc1. The minimum atomic E-state index is 1.09. The Hall–Kier alpha value is -14.1. The molecule has 0 spiro atoms. The van der Waals surface area contributed by atoms with E-state index in [9.17, 15) is 0 Å². The molecule has 0 atom stereocenters. The fourth-order valence-corrected chi connectivity index (χ4v) is 15.3. The molecule has 0 amide bonds. The van der Waals surface area contributed by atoms with Crippen LogP contribution in [0.2, 0.25) is 0 Å². The summed E-state index contributed by atoms with van der Waals surface area (Å²) in [4.78, 5) is 4.72. The van der Waals surface area contributed by atoms with Crippen LogP contribution in [0.4, 0.5) is 34.1 Å². The highest BCUT2D eigenvalue weighted by Crippen LogP contribution is 2.45. The van der Waals surface area contributed by atoms with Crippen molar-refractivity contribution in [1.29, 1.82) is 0 Å². The van der Waals surface area contributed by atoms with Gasteiger partial charge in [0.15, 0.2) is 0 Å². The van der Waals surface area contributed by atoms with E-state index in [0.29, 0.717) is 0 Å². The van der Waals surface area contributed by atoms with Gasteiger partial charge in [0.2, 0.25) is 0 Å². The van der Waals surface area contributed by atoms with Gasteiger partial charge in [-0.2, -0.15) is 0 Å². The molecule has 106 heavy (non-hydrogen) atoms. The van der Waals surface area contributed by atoms with Crippen molar-refractivity contribution < 1.29 is 0 Å². The van der Waals surface area contributed by atoms with Gasteiger partial charge in [0.05, 0.1) is 27.8 Å². The summed E-state index contributed by atoms with van der Waals surface area (Å²) < 4.78 is 4.76. The number of hydrogen-bond acceptors (Lipinski definition) is 2. The lowest BCUT2D eigenvalue weighted by Gasteiger charge is -2.28. The van der Waals surface area contributed by atoms with Crippen LogP contribution in [0.15, 0.2) is 437 Å². The predicted molar refractivity (Wildman–Crippen MR) is 449 cm³/mol. The maximum Gasteiger partial charge on any atom is 0.0541 e. The highest BCUT2D eigenvalue weighted by Gasteiger charge is 2.21. The highest BCUT2D eigenvalue weighted by molar-refractivity contribution is 6.10. The molecule has 19 rings (SSSR count). The lowest BCUT2D eigenvalue weighted by Crippen LogP contribution is -2.11. The third kappa shape index (κ3) is 12.6. The quantitative estimate of drug-likeness (QED) is 0.102. The number of benzene rings is 17. The van der Waals surface area contributed by atoms with Gasteiger partial charge in [-0.1, -0.05) is 322 Å². The number of anilines is 6. The molecule has 0 aliphatic heterocycles. The monoisotopic (exact) mass is 1350 g/mol. The number of para-hydroxylation sites is 6. The van der Waals surface area contributed by atoms with Crippen LogP contribution < -0.4 is 9.80 Å². The molecule has 500 valence electrons. The molecule has 0 saturated carbocycles. The van der Waals surface area contributed by atoms with Crippen molar-refractivity contribution in [3.8, 4) is 89.3 Å². The van der Waals surface area contributed by atoms with Crippen LogP contribution in [0, 0.1) is 0 Å². The van der Waals surface area contributed by atoms with Crippen molar-refractivity contribution in [2.24, 2.45) is 0 Å². The van der Waals surface area contributed by atoms with Crippen LogP contribution >= 0.6 is 0 Å². The number of nitrogens with zero attached hydrogens (tertiary/aromatic N) is 4. The third-order valence-corrected chi connectivity index (χ3v) is 20.4. The largest absolute Gasteiger partial charge is 0.310 e. The first-order valence-corrected chi connectivity index (χ1v) is 36.3. The van der Waals surface area contributed by atoms with Crippen molar-refractivity contribution in [3.05, 3.63) is 437 Å². The Bertz CT molecular complexity index is 6170. The first kappa shape index (κ1) is 64.1. The third-order valence-electron chi connectivity index (χ3n) is 20.4. The first-order chi connectivity index (χ1) is 52.6. The molecule has 0 N–H and O–H groups in total. The highest BCUT2D eigenvalue weighted by atomic mass is 15.1. The Morgan fingerprint density at radius 3 is 0.877 bits per heavy atom. The summed E-state index contributed by atoms with van der Waals surface area (Å²) >= 11 is 0. The fourth-order valence-electron chi connectivity index (χ4n) is 15.3. The van der Waals surface area contributed by atoms with Crippen LogP contribution in [0.5, 0.6) is 0 Å². The summed E-state index contributed by atoms with van der Waals surface area (Å²) in [5, 5.41) is 5.07. The number of rotatable bonds is 15. The molecule has 2 heterocycles. The van der Waals surface area contributed by atoms with Gasteiger partial charge in [0.25, 0.3) is 0 Å². The fraction of sp³-hybridized carbons (Fsp3) is 0. The smallest absolute Gasteiger partial charge is 0.0541 e. The van der Waals surface area contributed by atoms with Crippen molar-refractivity contribution in [2.45, 2.75) is 0 Å². The van der Waals surface area contributed by atoms with E-state index in [0.717, 1.165) is 45.5 Å². The van der Waals surface area contributed by atoms with E-state index in [-0.39, 0.29) is 0 Å². The van der Waals surface area contributed by atoms with E-state index in [2.05, 4.69) is 456 Å². The van der Waals surface area contributed by atoms with Gasteiger partial charge in [0, 0.05) is 66.9 Å². The maximum atomic E-state index is 2.38. The summed E-state index contributed by atoms with van der Waals surface area (Å²) in [7, 11) is 0. The van der Waals surface area contributed by atoms with Crippen LogP contribution in [0.1, 0.15) is 0 Å². The van der Waals surface area contributed by atoms with Crippen molar-refractivity contribution in [1.82, 2.24) is 9.13 Å². The van der Waals surface area contributed by atoms with Gasteiger partial charge in [-0.15, -0.1) is 0 Å². The van der Waals surface area contributed by atoms with Crippen LogP contribution in [0.3, 0.4) is 0 Å². The van der Waals surface area contributed by atoms with Crippen molar-refractivity contribution in [2.75, 3.05) is 9.80 Å². The lowest BCUT2D eigenvalue weighted by molar-refractivity contribution is 1.18. The molecule has 2 aromatic heterocycles. The second-order valence-corrected chi connectivity index (χ2v) is 26.8. The average Bonchev–Trinajstić information content (AvgIpc) is 1.60. The molecule has 0 bridgehead atoms. The Labute approximate surface area is 618 Å². The van der Waals surface area contributed by atoms with Gasteiger partial charge in [-0.25, -0.2) is 0 Å². The zero-order valence-electron chi connectivity index (χ0n) is 58.4. The molecular weight excluding hydrogens is 1280 g/mol. The average molecular weight is 1350 g/mol. The maximum absolute atomic E-state index is 2.38. The van der Waals surface area contributed by atoms with Gasteiger partial charge >= 0.3 is 0 Å². The summed E-state index contributed by atoms with van der Waals surface area (Å²) in [6.07, 6.45) is 0. The molecule has 0 radical (unpaired) electrons. The van der Waals surface area contributed by atoms with E-state index in [1.165, 1.54) is 122 Å². The van der Waals surface area contributed by atoms with Gasteiger partial charge in [-0.05, 0) is 188 Å². The molecule has 0 aliphatic rings. The summed E-state index contributed by atoms with van der Waals surface area (Å²) in [5.41, 5.74) is 30.5. The van der Waals surface area contributed by atoms with Crippen LogP contribution in [-0.2, 0) is 0 Å². The zero-order chi connectivity index (χ0) is 70.5. The topological polar surface area (TPSA) is 16.3 Å². The van der Waals surface area contributed by atoms with E-state index >= 15 is 0 Å². The molecule has 0 fully saturated rings. The standard InChI is InChI=1S/C54H38N2.C48H34N2/c1-3-15-39(16-4-1)43-19-13-21-47(37-43)55(46-35-31-42(32-36-46)50-24-8-7-23-49(50)41-17-5-2-6-18-41)45-33-29-40(30-34-45)44-20-14-22-48(38-44)56-53-27-11-9-25-51(53)52-26-10-12-28-54(52)56;1-3-14-35(15-4-1)36-26-28-38(29-27-36)43-20-7-10-23-46(43)49(40-17-5-2-6-18-40)41-32-30-37(31-33-41)39-16-13-19-42(34-39)50-47-24-11-8-21-44(47)45-22-9-12-25-48(45)50/h1-38H;1-34H. The van der Waals surface area contributed by atoms with E-state index in [1.54, 1.807) is 0 Å². The van der Waals surface area contributed by atoms with Crippen LogP contribution in [-0.4, -0.2) is 9.13 Å². The Kier molecular flexibility index (Phi) is 17.4. The molecule has 4 nitrogen and oxygen atoms in total. The molecule has 0 saturated heterocycles. The minimum absolute atomic E-state index is 1.09. The number of aromatic nitrogens is 2. The van der Waals surface area contributed by atoms with Crippen molar-refractivity contribution >= 4 is 77.7 Å². The predicted octanol–water partition coefficient (Wildman–Crippen LogP) is 28.2. The number of hydrogen-bond donors (Lipinski definition) is 0. The summed E-state index contributed by atoms with van der Waals surface area (Å²) in [6.45, 7) is 0. The summed E-state index contributed by atoms with van der Waals surface area (Å²) in [6, 6.07) is 157. The van der Waals surface area contributed by atoms with E-state index in [4.69, 9.17) is 0 Å². The van der Waals surface area contributed by atoms with Gasteiger partial charge in [0.1, 0.15) is 0 Å². The van der Waals surface area contributed by atoms with Gasteiger partial charge < -0.3 is 18.9 Å². The van der Waals surface area contributed by atoms with Crippen LogP contribution in [0.25, 0.3) is 133 Å². The lowest BCUT2D eigenvalue weighted by atomic mass is 9.94. The molecule has 4 heteroatoms. The normalized spacial score (nSPS) is 11.2. The van der Waals surface area contributed by atoms with Gasteiger partial charge in [-0.3, -0.25) is 0 Å². The zero-order valence-corrected chi connectivity index (χ0v) is 58.4. The Morgan fingerprint density at radius 1 is 0.151 bits per heavy atom. The number of fused-ring (bicyclic) bond motifs is 6. The Balaban J connectivity index is 0.000000151. The summed E-state index contributed by atoms with van der Waals surface area (Å²) in [5.74, 6) is 0. The second-order valence-electron chi connectivity index (χ2n) is 26.8. The van der Waals surface area contributed by atoms with E-state index in [1.807, 2.05) is 0 Å². The van der Waals surface area contributed by atoms with E-state index < -0.39 is 0 Å². The Morgan fingerprint density at radius 2 is 0.415 bits per heavy atom. The first-order valence-electron chi connectivity index (χ1n) is 36.3. The molecule has 0 unspecified atom stereocenters. The molecule has 0 aliphatic carbocycles. The molecule has 19 aromatic rings. The minimum Gasteiger partial charge on any atom is -0.310 e. The molecular formula is C102H72N4.